The summed E-state index contributed by atoms with van der Waals surface area (Å²) >= 11 is 4.96. The van der Waals surface area contributed by atoms with Crippen LogP contribution in [-0.2, 0) is 11.3 Å². The molecule has 0 bridgehead atoms. The van der Waals surface area contributed by atoms with Gasteiger partial charge in [-0.2, -0.15) is 0 Å². The summed E-state index contributed by atoms with van der Waals surface area (Å²) in [5.41, 5.74) is 8.87. The zero-order chi connectivity index (χ0) is 13.1. The lowest BCUT2D eigenvalue weighted by Gasteiger charge is -2.27. The van der Waals surface area contributed by atoms with Crippen LogP contribution in [-0.4, -0.2) is 35.4 Å². The quantitative estimate of drug-likeness (QED) is 0.783. The largest absolute Gasteiger partial charge is 0.389 e. The molecule has 4 nitrogen and oxygen atoms in total. The normalized spacial score (nSPS) is 16.4. The van der Waals surface area contributed by atoms with E-state index >= 15 is 0 Å². The lowest BCUT2D eigenvalue weighted by atomic mass is 10.0. The van der Waals surface area contributed by atoms with E-state index in [1.54, 1.807) is 0 Å². The molecule has 1 aromatic carbocycles. The van der Waals surface area contributed by atoms with Crippen molar-refractivity contribution < 1.29 is 4.79 Å². The molecule has 0 saturated carbocycles. The number of thiocarbonyl (C=S) groups is 1. The summed E-state index contributed by atoms with van der Waals surface area (Å²) in [6, 6.07) is 5.98. The maximum atomic E-state index is 11.3. The van der Waals surface area contributed by atoms with Crippen molar-refractivity contribution in [3.8, 4) is 0 Å². The van der Waals surface area contributed by atoms with Crippen molar-refractivity contribution >= 4 is 23.1 Å². The molecule has 2 rings (SSSR count). The summed E-state index contributed by atoms with van der Waals surface area (Å²) in [5, 5.41) is 2.82. The second kappa shape index (κ2) is 5.46. The highest BCUT2D eigenvalue weighted by Gasteiger charge is 2.16. The minimum atomic E-state index is 0.0960. The summed E-state index contributed by atoms with van der Waals surface area (Å²) in [6.45, 7) is 4.92. The minimum Gasteiger partial charge on any atom is -0.389 e. The van der Waals surface area contributed by atoms with Crippen LogP contribution in [0, 0.1) is 6.92 Å². The molecule has 0 unspecified atom stereocenters. The monoisotopic (exact) mass is 263 g/mol. The third kappa shape index (κ3) is 3.05. The van der Waals surface area contributed by atoms with Gasteiger partial charge in [-0.15, -0.1) is 0 Å². The van der Waals surface area contributed by atoms with Gasteiger partial charge in [-0.05, 0) is 24.1 Å². The minimum absolute atomic E-state index is 0.0960. The van der Waals surface area contributed by atoms with Gasteiger partial charge in [0, 0.05) is 25.2 Å². The van der Waals surface area contributed by atoms with E-state index in [1.807, 2.05) is 25.1 Å². The van der Waals surface area contributed by atoms with Gasteiger partial charge in [0.2, 0.25) is 5.91 Å². The number of nitrogens with zero attached hydrogens (tertiary/aromatic N) is 1. The lowest BCUT2D eigenvalue weighted by Crippen LogP contribution is -2.47. The summed E-state index contributed by atoms with van der Waals surface area (Å²) in [4.78, 5) is 13.9. The number of aryl methyl sites for hydroxylation is 1. The molecule has 1 aliphatic rings. The molecular weight excluding hydrogens is 246 g/mol. The number of hydrogen-bond acceptors (Lipinski definition) is 3. The molecule has 5 heteroatoms. The van der Waals surface area contributed by atoms with Gasteiger partial charge in [0.1, 0.15) is 4.99 Å². The number of rotatable bonds is 3. The van der Waals surface area contributed by atoms with Gasteiger partial charge in [0.25, 0.3) is 0 Å². The van der Waals surface area contributed by atoms with Gasteiger partial charge in [-0.1, -0.05) is 24.4 Å². The zero-order valence-electron chi connectivity index (χ0n) is 10.4. The zero-order valence-corrected chi connectivity index (χ0v) is 11.2. The Hall–Kier alpha value is -1.46. The molecule has 1 fully saturated rings. The Kier molecular flexibility index (Phi) is 3.93. The van der Waals surface area contributed by atoms with Crippen LogP contribution < -0.4 is 11.1 Å². The Morgan fingerprint density at radius 2 is 2.33 bits per heavy atom. The number of benzene rings is 1. The van der Waals surface area contributed by atoms with Crippen LogP contribution >= 0.6 is 12.2 Å². The van der Waals surface area contributed by atoms with Gasteiger partial charge >= 0.3 is 0 Å². The van der Waals surface area contributed by atoms with Crippen molar-refractivity contribution in [2.24, 2.45) is 5.73 Å². The van der Waals surface area contributed by atoms with E-state index in [1.165, 1.54) is 5.56 Å². The first kappa shape index (κ1) is 13.0. The lowest BCUT2D eigenvalue weighted by molar-refractivity contribution is -0.124. The SMILES string of the molecule is Cc1cc(C(N)=S)ccc1CN1CCNC(=O)C1. The first-order valence-electron chi connectivity index (χ1n) is 5.94. The van der Waals surface area contributed by atoms with Gasteiger partial charge in [0.05, 0.1) is 6.54 Å². The summed E-state index contributed by atoms with van der Waals surface area (Å²) in [7, 11) is 0. The van der Waals surface area contributed by atoms with E-state index in [4.69, 9.17) is 18.0 Å². The first-order valence-corrected chi connectivity index (χ1v) is 6.35. The molecule has 0 atom stereocenters. The third-order valence-electron chi connectivity index (χ3n) is 3.14. The molecule has 0 spiro atoms. The van der Waals surface area contributed by atoms with Crippen LogP contribution in [0.25, 0.3) is 0 Å². The van der Waals surface area contributed by atoms with E-state index in [-0.39, 0.29) is 5.91 Å². The van der Waals surface area contributed by atoms with Crippen molar-refractivity contribution in [1.29, 1.82) is 0 Å². The number of nitrogens with one attached hydrogen (secondary N) is 1. The Labute approximate surface area is 112 Å². The van der Waals surface area contributed by atoms with Crippen molar-refractivity contribution in [3.05, 3.63) is 34.9 Å². The summed E-state index contributed by atoms with van der Waals surface area (Å²) in [6.07, 6.45) is 0. The molecule has 1 saturated heterocycles. The van der Waals surface area contributed by atoms with Crippen molar-refractivity contribution in [2.75, 3.05) is 19.6 Å². The van der Waals surface area contributed by atoms with E-state index in [0.29, 0.717) is 11.5 Å². The van der Waals surface area contributed by atoms with Crippen LogP contribution in [0.15, 0.2) is 18.2 Å². The molecule has 1 heterocycles. The van der Waals surface area contributed by atoms with E-state index in [0.717, 1.165) is 30.8 Å². The molecule has 0 radical (unpaired) electrons. The van der Waals surface area contributed by atoms with Gasteiger partial charge in [-0.25, -0.2) is 0 Å². The Bertz CT molecular complexity index is 487. The smallest absolute Gasteiger partial charge is 0.234 e. The second-order valence-electron chi connectivity index (χ2n) is 4.57. The van der Waals surface area contributed by atoms with Crippen LogP contribution in [0.3, 0.4) is 0 Å². The summed E-state index contributed by atoms with van der Waals surface area (Å²) < 4.78 is 0. The Morgan fingerprint density at radius 3 is 2.94 bits per heavy atom. The Balaban J connectivity index is 2.09. The van der Waals surface area contributed by atoms with E-state index in [2.05, 4.69) is 10.2 Å². The highest BCUT2D eigenvalue weighted by Crippen LogP contribution is 2.14. The molecule has 0 aliphatic carbocycles. The number of carbonyl (C=O) groups excluding carboxylic acids is 1. The van der Waals surface area contributed by atoms with Crippen molar-refractivity contribution in [2.45, 2.75) is 13.5 Å². The molecule has 0 aromatic heterocycles. The molecule has 3 N–H and O–H groups in total. The fourth-order valence-electron chi connectivity index (χ4n) is 2.09. The number of hydrogen-bond donors (Lipinski definition) is 2. The fraction of sp³-hybridized carbons (Fsp3) is 0.385. The third-order valence-corrected chi connectivity index (χ3v) is 3.37. The number of piperazine rings is 1. The van der Waals surface area contributed by atoms with Crippen LogP contribution in [0.1, 0.15) is 16.7 Å². The molecular formula is C13H17N3OS. The van der Waals surface area contributed by atoms with Crippen LogP contribution in [0.2, 0.25) is 0 Å². The number of amides is 1. The average molecular weight is 263 g/mol. The molecule has 18 heavy (non-hydrogen) atoms. The fourth-order valence-corrected chi connectivity index (χ4v) is 2.22. The molecule has 1 aliphatic heterocycles. The van der Waals surface area contributed by atoms with Gasteiger partial charge < -0.3 is 11.1 Å². The predicted octanol–water partition coefficient (Wildman–Crippen LogP) is 0.561. The maximum Gasteiger partial charge on any atom is 0.234 e. The van der Waals surface area contributed by atoms with Crippen LogP contribution in [0.4, 0.5) is 0 Å². The van der Waals surface area contributed by atoms with Gasteiger partial charge in [-0.3, -0.25) is 9.69 Å². The van der Waals surface area contributed by atoms with Gasteiger partial charge in [0.15, 0.2) is 0 Å². The van der Waals surface area contributed by atoms with Crippen molar-refractivity contribution in [1.82, 2.24) is 10.2 Å². The topological polar surface area (TPSA) is 58.4 Å². The second-order valence-corrected chi connectivity index (χ2v) is 5.01. The Morgan fingerprint density at radius 1 is 1.56 bits per heavy atom. The predicted molar refractivity (Wildman–Crippen MR) is 75.4 cm³/mol. The highest BCUT2D eigenvalue weighted by atomic mass is 32.1. The average Bonchev–Trinajstić information content (AvgIpc) is 2.31. The molecule has 1 amide bonds. The van der Waals surface area contributed by atoms with E-state index < -0.39 is 0 Å². The standard InChI is InChI=1S/C13H17N3OS/c1-9-6-10(13(14)18)2-3-11(9)7-16-5-4-15-12(17)8-16/h2-3,6H,4-5,7-8H2,1H3,(H2,14,18)(H,15,17). The van der Waals surface area contributed by atoms with E-state index in [9.17, 15) is 4.79 Å². The summed E-state index contributed by atoms with van der Waals surface area (Å²) in [5.74, 6) is 0.0960. The maximum absolute atomic E-state index is 11.3. The molecule has 96 valence electrons. The number of carbonyl (C=O) groups is 1. The van der Waals surface area contributed by atoms with Crippen LogP contribution in [0.5, 0.6) is 0 Å². The van der Waals surface area contributed by atoms with Crippen molar-refractivity contribution in [3.63, 3.8) is 0 Å². The first-order chi connectivity index (χ1) is 8.56. The highest BCUT2D eigenvalue weighted by molar-refractivity contribution is 7.80. The molecule has 1 aromatic rings. The number of nitrogens with two attached hydrogens (primary N) is 1.